The molecule has 0 aliphatic carbocycles. The van der Waals surface area contributed by atoms with Gasteiger partial charge in [-0.1, -0.05) is 28.9 Å². The second-order valence-electron chi connectivity index (χ2n) is 8.29. The summed E-state index contributed by atoms with van der Waals surface area (Å²) in [6, 6.07) is 9.74. The molecule has 2 aromatic rings. The number of nitrogens with zero attached hydrogens (tertiary/aromatic N) is 3. The summed E-state index contributed by atoms with van der Waals surface area (Å²) >= 11 is 5.96. The Morgan fingerprint density at radius 3 is 2.57 bits per heavy atom. The van der Waals surface area contributed by atoms with Gasteiger partial charge >= 0.3 is 0 Å². The summed E-state index contributed by atoms with van der Waals surface area (Å²) in [5.41, 5.74) is 7.51. The third-order valence-corrected chi connectivity index (χ3v) is 6.43. The van der Waals surface area contributed by atoms with Crippen LogP contribution in [0.3, 0.4) is 0 Å². The molecule has 2 saturated heterocycles. The van der Waals surface area contributed by atoms with Gasteiger partial charge in [0.15, 0.2) is 0 Å². The Morgan fingerprint density at radius 2 is 1.87 bits per heavy atom. The average Bonchev–Trinajstić information content (AvgIpc) is 3.26. The van der Waals surface area contributed by atoms with Gasteiger partial charge in [0, 0.05) is 36.6 Å². The molecule has 2 amide bonds. The standard InChI is InChI=1S/C22H27ClN4O3/c23-18-5-3-15(4-6-18)13-26-10-7-16(8-11-26)19-12-20(30-25-19)22(29)27-9-1-2-17(14-27)21(24)28/h3-6,12,16-17H,1-2,7-11,13-14H2,(H2,24,28)/t17-/m1/s1. The molecule has 3 heterocycles. The molecule has 0 unspecified atom stereocenters. The first-order valence-corrected chi connectivity index (χ1v) is 10.9. The van der Waals surface area contributed by atoms with Crippen LogP contribution in [0.1, 0.15) is 53.4 Å². The van der Waals surface area contributed by atoms with Crippen molar-refractivity contribution < 1.29 is 14.1 Å². The maximum atomic E-state index is 12.8. The Balaban J connectivity index is 1.31. The first-order chi connectivity index (χ1) is 14.5. The molecule has 2 fully saturated rings. The maximum absolute atomic E-state index is 12.8. The molecule has 1 atom stereocenters. The highest BCUT2D eigenvalue weighted by Gasteiger charge is 2.30. The first kappa shape index (κ1) is 20.9. The van der Waals surface area contributed by atoms with Gasteiger partial charge in [0.1, 0.15) is 0 Å². The number of nitrogens with two attached hydrogens (primary N) is 1. The van der Waals surface area contributed by atoms with Crippen LogP contribution in [-0.2, 0) is 11.3 Å². The van der Waals surface area contributed by atoms with Gasteiger partial charge in [0.25, 0.3) is 5.91 Å². The maximum Gasteiger partial charge on any atom is 0.292 e. The van der Waals surface area contributed by atoms with Crippen molar-refractivity contribution in [3.63, 3.8) is 0 Å². The number of hydrogen-bond acceptors (Lipinski definition) is 5. The zero-order valence-electron chi connectivity index (χ0n) is 16.9. The molecule has 0 radical (unpaired) electrons. The fraction of sp³-hybridized carbons (Fsp3) is 0.500. The molecule has 2 aliphatic rings. The highest BCUT2D eigenvalue weighted by Crippen LogP contribution is 2.29. The van der Waals surface area contributed by atoms with Gasteiger partial charge in [0.05, 0.1) is 11.6 Å². The highest BCUT2D eigenvalue weighted by molar-refractivity contribution is 6.30. The van der Waals surface area contributed by atoms with Gasteiger partial charge in [-0.25, -0.2) is 0 Å². The van der Waals surface area contributed by atoms with E-state index in [0.29, 0.717) is 13.1 Å². The number of hydrogen-bond donors (Lipinski definition) is 1. The van der Waals surface area contributed by atoms with Gasteiger partial charge in [0.2, 0.25) is 11.7 Å². The van der Waals surface area contributed by atoms with Crippen LogP contribution in [0.25, 0.3) is 0 Å². The van der Waals surface area contributed by atoms with Gasteiger partial charge in [-0.05, 0) is 56.5 Å². The van der Waals surface area contributed by atoms with Gasteiger partial charge in [-0.15, -0.1) is 0 Å². The number of benzene rings is 1. The predicted molar refractivity (Wildman–Crippen MR) is 113 cm³/mol. The number of primary amides is 1. The van der Waals surface area contributed by atoms with Crippen LogP contribution < -0.4 is 5.73 Å². The van der Waals surface area contributed by atoms with Crippen molar-refractivity contribution in [2.45, 2.75) is 38.1 Å². The van der Waals surface area contributed by atoms with E-state index < -0.39 is 0 Å². The Bertz CT molecular complexity index is 890. The molecular formula is C22H27ClN4O3. The lowest BCUT2D eigenvalue weighted by Gasteiger charge is -2.31. The van der Waals surface area contributed by atoms with Crippen molar-refractivity contribution in [1.29, 1.82) is 0 Å². The summed E-state index contributed by atoms with van der Waals surface area (Å²) in [6.45, 7) is 3.81. The van der Waals surface area contributed by atoms with Crippen LogP contribution in [0.5, 0.6) is 0 Å². The molecule has 0 saturated carbocycles. The quantitative estimate of drug-likeness (QED) is 0.786. The molecule has 7 nitrogen and oxygen atoms in total. The summed E-state index contributed by atoms with van der Waals surface area (Å²) in [5, 5.41) is 4.93. The molecule has 30 heavy (non-hydrogen) atoms. The van der Waals surface area contributed by atoms with Crippen molar-refractivity contribution in [3.05, 3.63) is 52.4 Å². The van der Waals surface area contributed by atoms with Crippen molar-refractivity contribution in [1.82, 2.24) is 15.0 Å². The smallest absolute Gasteiger partial charge is 0.292 e. The molecular weight excluding hydrogens is 404 g/mol. The lowest BCUT2D eigenvalue weighted by atomic mass is 9.93. The van der Waals surface area contributed by atoms with E-state index in [-0.39, 0.29) is 29.4 Å². The van der Waals surface area contributed by atoms with E-state index in [1.807, 2.05) is 12.1 Å². The fourth-order valence-corrected chi connectivity index (χ4v) is 4.49. The van der Waals surface area contributed by atoms with Crippen molar-refractivity contribution in [2.24, 2.45) is 11.7 Å². The molecule has 160 valence electrons. The topological polar surface area (TPSA) is 92.7 Å². The van der Waals surface area contributed by atoms with Crippen molar-refractivity contribution in [2.75, 3.05) is 26.2 Å². The number of amides is 2. The number of carbonyl (C=O) groups excluding carboxylic acids is 2. The van der Waals surface area contributed by atoms with Crippen LogP contribution in [0.2, 0.25) is 5.02 Å². The Kier molecular flexibility index (Phi) is 6.39. The van der Waals surface area contributed by atoms with Crippen molar-refractivity contribution >= 4 is 23.4 Å². The molecule has 8 heteroatoms. The SMILES string of the molecule is NC(=O)[C@@H]1CCCN(C(=O)c2cc(C3CCN(Cc4ccc(Cl)cc4)CC3)no2)C1. The second kappa shape index (κ2) is 9.18. The molecule has 2 aliphatic heterocycles. The minimum Gasteiger partial charge on any atom is -0.369 e. The molecule has 1 aromatic heterocycles. The van der Waals surface area contributed by atoms with Crippen LogP contribution in [0, 0.1) is 5.92 Å². The van der Waals surface area contributed by atoms with E-state index >= 15 is 0 Å². The molecule has 2 N–H and O–H groups in total. The zero-order valence-corrected chi connectivity index (χ0v) is 17.7. The van der Waals surface area contributed by atoms with E-state index in [9.17, 15) is 9.59 Å². The Hall–Kier alpha value is -2.38. The second-order valence-corrected chi connectivity index (χ2v) is 8.72. The van der Waals surface area contributed by atoms with E-state index in [4.69, 9.17) is 21.9 Å². The van der Waals surface area contributed by atoms with E-state index in [0.717, 1.165) is 56.0 Å². The molecule has 1 aromatic carbocycles. The van der Waals surface area contributed by atoms with Crippen LogP contribution in [-0.4, -0.2) is 52.9 Å². The summed E-state index contributed by atoms with van der Waals surface area (Å²) in [7, 11) is 0. The van der Waals surface area contributed by atoms with Crippen LogP contribution >= 0.6 is 11.6 Å². The van der Waals surface area contributed by atoms with Gasteiger partial charge in [-0.2, -0.15) is 0 Å². The molecule has 4 rings (SSSR count). The van der Waals surface area contributed by atoms with E-state index in [2.05, 4.69) is 22.2 Å². The van der Waals surface area contributed by atoms with Crippen LogP contribution in [0.15, 0.2) is 34.9 Å². The summed E-state index contributed by atoms with van der Waals surface area (Å²) in [5.74, 6) is -0.304. The lowest BCUT2D eigenvalue weighted by molar-refractivity contribution is -0.123. The van der Waals surface area contributed by atoms with E-state index in [1.54, 1.807) is 11.0 Å². The first-order valence-electron chi connectivity index (χ1n) is 10.5. The molecule has 0 bridgehead atoms. The largest absolute Gasteiger partial charge is 0.369 e. The third kappa shape index (κ3) is 4.84. The summed E-state index contributed by atoms with van der Waals surface area (Å²) in [6.07, 6.45) is 3.45. The minimum absolute atomic E-state index is 0.208. The number of aromatic nitrogens is 1. The number of carbonyl (C=O) groups is 2. The fourth-order valence-electron chi connectivity index (χ4n) is 4.37. The summed E-state index contributed by atoms with van der Waals surface area (Å²) in [4.78, 5) is 28.3. The highest BCUT2D eigenvalue weighted by atomic mass is 35.5. The number of likely N-dealkylation sites (tertiary alicyclic amines) is 2. The number of piperidine rings is 2. The minimum atomic E-state index is -0.351. The number of rotatable bonds is 5. The number of halogens is 1. The summed E-state index contributed by atoms with van der Waals surface area (Å²) < 4.78 is 5.38. The van der Waals surface area contributed by atoms with Crippen molar-refractivity contribution in [3.8, 4) is 0 Å². The Morgan fingerprint density at radius 1 is 1.13 bits per heavy atom. The van der Waals surface area contributed by atoms with Crippen LogP contribution in [0.4, 0.5) is 0 Å². The lowest BCUT2D eigenvalue weighted by Crippen LogP contribution is -2.44. The predicted octanol–water partition coefficient (Wildman–Crippen LogP) is 3.05. The third-order valence-electron chi connectivity index (χ3n) is 6.18. The van der Waals surface area contributed by atoms with Gasteiger partial charge < -0.3 is 15.2 Å². The zero-order chi connectivity index (χ0) is 21.1. The normalized spacial score (nSPS) is 21.0. The Labute approximate surface area is 181 Å². The monoisotopic (exact) mass is 430 g/mol. The van der Waals surface area contributed by atoms with Gasteiger partial charge in [-0.3, -0.25) is 14.5 Å². The average molecular weight is 431 g/mol. The van der Waals surface area contributed by atoms with E-state index in [1.165, 1.54) is 5.56 Å². The molecule has 0 spiro atoms.